The standard InChI is InChI=1S/C52H44/c1-51(2,3)37-26-28-39-36(29-37)30-38(52(4,5)6)32-45(39)35-25-27-44-46(31-35)48(34-19-11-8-12-20-34)50-43-24-16-14-22-41(43)40-21-13-15-23-42(40)49(50)47(44)33-17-9-7-10-18-33/h7-32H,1-6H3. The summed E-state index contributed by atoms with van der Waals surface area (Å²) in [6.07, 6.45) is 0. The molecule has 9 rings (SSSR count). The van der Waals surface area contributed by atoms with Crippen molar-refractivity contribution in [2.45, 2.75) is 52.4 Å². The second-order valence-corrected chi connectivity index (χ2v) is 16.5. The lowest BCUT2D eigenvalue weighted by molar-refractivity contribution is 0.589. The average Bonchev–Trinajstić information content (AvgIpc) is 3.16. The molecule has 9 aromatic rings. The number of rotatable bonds is 3. The number of hydrogen-bond donors (Lipinski definition) is 0. The molecule has 252 valence electrons. The highest BCUT2D eigenvalue weighted by Crippen LogP contribution is 2.50. The van der Waals surface area contributed by atoms with Gasteiger partial charge < -0.3 is 0 Å². The molecule has 0 aliphatic carbocycles. The molecule has 0 saturated carbocycles. The number of fused-ring (bicyclic) bond motifs is 8. The van der Waals surface area contributed by atoms with Crippen LogP contribution in [0.1, 0.15) is 52.7 Å². The minimum Gasteiger partial charge on any atom is -0.0622 e. The van der Waals surface area contributed by atoms with Crippen LogP contribution in [0.3, 0.4) is 0 Å². The maximum Gasteiger partial charge on any atom is -0.000763 e. The SMILES string of the molecule is CC(C)(C)c1ccc2c(-c3ccc4c(-c5ccccc5)c5c6ccccc6c6ccccc6c5c(-c5ccccc5)c4c3)cc(C(C)(C)C)cc2c1. The van der Waals surface area contributed by atoms with E-state index < -0.39 is 0 Å². The summed E-state index contributed by atoms with van der Waals surface area (Å²) >= 11 is 0. The molecule has 0 heterocycles. The summed E-state index contributed by atoms with van der Waals surface area (Å²) in [7, 11) is 0. The fraction of sp³-hybridized carbons (Fsp3) is 0.154. The van der Waals surface area contributed by atoms with Crippen molar-refractivity contribution in [2.75, 3.05) is 0 Å². The minimum atomic E-state index is 0.00335. The third-order valence-electron chi connectivity index (χ3n) is 11.1. The van der Waals surface area contributed by atoms with E-state index in [0.717, 1.165) is 0 Å². The monoisotopic (exact) mass is 668 g/mol. The maximum absolute atomic E-state index is 2.49. The molecule has 0 aliphatic rings. The Balaban J connectivity index is 1.50. The zero-order valence-corrected chi connectivity index (χ0v) is 31.0. The zero-order chi connectivity index (χ0) is 35.8. The quantitative estimate of drug-likeness (QED) is 0.130. The Morgan fingerprint density at radius 2 is 0.769 bits per heavy atom. The number of hydrogen-bond acceptors (Lipinski definition) is 0. The predicted molar refractivity (Wildman–Crippen MR) is 228 cm³/mol. The highest BCUT2D eigenvalue weighted by molar-refractivity contribution is 6.36. The Hall–Kier alpha value is -5.72. The largest absolute Gasteiger partial charge is 0.0622 e. The molecule has 0 fully saturated rings. The van der Waals surface area contributed by atoms with Crippen LogP contribution in [0.15, 0.2) is 158 Å². The lowest BCUT2D eigenvalue weighted by Gasteiger charge is -2.24. The van der Waals surface area contributed by atoms with Gasteiger partial charge in [-0.2, -0.15) is 0 Å². The van der Waals surface area contributed by atoms with Crippen LogP contribution in [0.25, 0.3) is 87.2 Å². The van der Waals surface area contributed by atoms with Gasteiger partial charge in [-0.05, 0) is 121 Å². The van der Waals surface area contributed by atoms with Crippen molar-refractivity contribution < 1.29 is 0 Å². The molecule has 52 heavy (non-hydrogen) atoms. The van der Waals surface area contributed by atoms with Gasteiger partial charge >= 0.3 is 0 Å². The molecular formula is C52H44. The molecule has 0 amide bonds. The Bertz CT molecular complexity index is 2820. The van der Waals surface area contributed by atoms with Gasteiger partial charge in [-0.1, -0.05) is 187 Å². The van der Waals surface area contributed by atoms with Crippen molar-refractivity contribution in [3.63, 3.8) is 0 Å². The van der Waals surface area contributed by atoms with Crippen LogP contribution < -0.4 is 0 Å². The van der Waals surface area contributed by atoms with Crippen LogP contribution in [0.2, 0.25) is 0 Å². The summed E-state index contributed by atoms with van der Waals surface area (Å²) in [5.74, 6) is 0. The molecule has 0 aliphatic heterocycles. The Kier molecular flexibility index (Phi) is 7.39. The van der Waals surface area contributed by atoms with E-state index in [1.807, 2.05) is 0 Å². The van der Waals surface area contributed by atoms with E-state index >= 15 is 0 Å². The van der Waals surface area contributed by atoms with E-state index in [1.54, 1.807) is 0 Å². The van der Waals surface area contributed by atoms with Crippen LogP contribution in [-0.4, -0.2) is 0 Å². The number of benzene rings is 9. The first kappa shape index (κ1) is 32.2. The molecule has 0 bridgehead atoms. The van der Waals surface area contributed by atoms with E-state index in [1.165, 1.54) is 98.4 Å². The van der Waals surface area contributed by atoms with E-state index in [9.17, 15) is 0 Å². The predicted octanol–water partition coefficient (Wildman–Crippen LogP) is 15.0. The normalized spacial score (nSPS) is 12.4. The molecule has 0 atom stereocenters. The second kappa shape index (κ2) is 11.9. The molecule has 9 aromatic carbocycles. The molecule has 0 aromatic heterocycles. The third kappa shape index (κ3) is 5.20. The Morgan fingerprint density at radius 1 is 0.308 bits per heavy atom. The van der Waals surface area contributed by atoms with E-state index in [0.29, 0.717) is 0 Å². The van der Waals surface area contributed by atoms with Gasteiger partial charge in [-0.3, -0.25) is 0 Å². The van der Waals surface area contributed by atoms with Gasteiger partial charge in [0.05, 0.1) is 0 Å². The molecule has 0 saturated heterocycles. The first-order chi connectivity index (χ1) is 25.1. The van der Waals surface area contributed by atoms with Gasteiger partial charge in [0.15, 0.2) is 0 Å². The van der Waals surface area contributed by atoms with Gasteiger partial charge in [0.2, 0.25) is 0 Å². The lowest BCUT2D eigenvalue weighted by atomic mass is 9.79. The smallest absolute Gasteiger partial charge is 0.000763 e. The third-order valence-corrected chi connectivity index (χ3v) is 11.1. The van der Waals surface area contributed by atoms with E-state index in [-0.39, 0.29) is 10.8 Å². The first-order valence-electron chi connectivity index (χ1n) is 18.6. The van der Waals surface area contributed by atoms with Gasteiger partial charge in [-0.25, -0.2) is 0 Å². The van der Waals surface area contributed by atoms with Crippen molar-refractivity contribution in [3.8, 4) is 33.4 Å². The summed E-state index contributed by atoms with van der Waals surface area (Å²) in [6, 6.07) is 59.3. The van der Waals surface area contributed by atoms with Crippen LogP contribution in [-0.2, 0) is 10.8 Å². The summed E-state index contributed by atoms with van der Waals surface area (Å²) in [5.41, 5.74) is 10.4. The molecular weight excluding hydrogens is 625 g/mol. The van der Waals surface area contributed by atoms with Crippen molar-refractivity contribution >= 4 is 53.9 Å². The van der Waals surface area contributed by atoms with Gasteiger partial charge in [0.1, 0.15) is 0 Å². The lowest BCUT2D eigenvalue weighted by Crippen LogP contribution is -2.12. The van der Waals surface area contributed by atoms with Gasteiger partial charge in [0.25, 0.3) is 0 Å². The summed E-state index contributed by atoms with van der Waals surface area (Å²) in [4.78, 5) is 0. The average molecular weight is 669 g/mol. The van der Waals surface area contributed by atoms with Crippen LogP contribution in [0.4, 0.5) is 0 Å². The summed E-state index contributed by atoms with van der Waals surface area (Å²) in [5, 5.41) is 12.9. The van der Waals surface area contributed by atoms with Gasteiger partial charge in [0, 0.05) is 0 Å². The Morgan fingerprint density at radius 3 is 1.31 bits per heavy atom. The van der Waals surface area contributed by atoms with Crippen LogP contribution >= 0.6 is 0 Å². The fourth-order valence-corrected chi connectivity index (χ4v) is 8.38. The van der Waals surface area contributed by atoms with Crippen molar-refractivity contribution in [1.82, 2.24) is 0 Å². The second-order valence-electron chi connectivity index (χ2n) is 16.5. The topological polar surface area (TPSA) is 0 Å². The van der Waals surface area contributed by atoms with Crippen molar-refractivity contribution in [3.05, 3.63) is 169 Å². The van der Waals surface area contributed by atoms with E-state index in [2.05, 4.69) is 199 Å². The molecule has 0 unspecified atom stereocenters. The molecule has 0 spiro atoms. The molecule has 0 heteroatoms. The first-order valence-corrected chi connectivity index (χ1v) is 18.6. The van der Waals surface area contributed by atoms with Crippen LogP contribution in [0.5, 0.6) is 0 Å². The highest BCUT2D eigenvalue weighted by atomic mass is 14.3. The summed E-state index contributed by atoms with van der Waals surface area (Å²) < 4.78 is 0. The van der Waals surface area contributed by atoms with Crippen LogP contribution in [0, 0.1) is 0 Å². The fourth-order valence-electron chi connectivity index (χ4n) is 8.38. The molecule has 0 N–H and O–H groups in total. The van der Waals surface area contributed by atoms with Crippen molar-refractivity contribution in [1.29, 1.82) is 0 Å². The molecule has 0 nitrogen and oxygen atoms in total. The maximum atomic E-state index is 2.49. The summed E-state index contributed by atoms with van der Waals surface area (Å²) in [6.45, 7) is 13.9. The van der Waals surface area contributed by atoms with E-state index in [4.69, 9.17) is 0 Å². The highest BCUT2D eigenvalue weighted by Gasteiger charge is 2.24. The zero-order valence-electron chi connectivity index (χ0n) is 31.0. The minimum absolute atomic E-state index is 0.00335. The van der Waals surface area contributed by atoms with Gasteiger partial charge in [-0.15, -0.1) is 0 Å². The Labute approximate surface area is 307 Å². The van der Waals surface area contributed by atoms with Crippen molar-refractivity contribution in [2.24, 2.45) is 0 Å². The molecule has 0 radical (unpaired) electrons.